The molecule has 1 nitrogen and oxygen atoms in total. The molecule has 1 aliphatic carbocycles. The molecule has 0 spiro atoms. The molecule has 1 aromatic rings. The number of H-pyrrole nitrogens is 1. The molecule has 1 aliphatic rings. The van der Waals surface area contributed by atoms with Crippen LogP contribution in [0.15, 0.2) is 30.5 Å². The van der Waals surface area contributed by atoms with Gasteiger partial charge in [-0.05, 0) is 30.5 Å². The van der Waals surface area contributed by atoms with Gasteiger partial charge in [-0.15, -0.1) is 0 Å². The van der Waals surface area contributed by atoms with Crippen LogP contribution in [-0.4, -0.2) is 4.98 Å². The van der Waals surface area contributed by atoms with Crippen molar-refractivity contribution in [3.63, 3.8) is 0 Å². The maximum absolute atomic E-state index is 3.24. The predicted octanol–water partition coefficient (Wildman–Crippen LogP) is 2.67. The third-order valence-corrected chi connectivity index (χ3v) is 2.05. The highest BCUT2D eigenvalue weighted by atomic mass is 14.7. The number of hydrogen-bond donors (Lipinski definition) is 1. The molecule has 0 radical (unpaired) electrons. The first-order chi connectivity index (χ1) is 5.38. The van der Waals surface area contributed by atoms with Crippen molar-refractivity contribution in [3.05, 3.63) is 41.7 Å². The number of hydrogen-bond acceptors (Lipinski definition) is 0. The summed E-state index contributed by atoms with van der Waals surface area (Å²) in [6, 6.07) is 2.11. The molecule has 1 aromatic heterocycles. The summed E-state index contributed by atoms with van der Waals surface area (Å²) in [4.78, 5) is 3.24. The second kappa shape index (κ2) is 2.42. The first-order valence-electron chi connectivity index (χ1n) is 3.88. The van der Waals surface area contributed by atoms with Crippen molar-refractivity contribution in [1.82, 2.24) is 4.98 Å². The molecule has 0 aromatic carbocycles. The molecule has 0 aliphatic heterocycles. The van der Waals surface area contributed by atoms with Crippen molar-refractivity contribution < 1.29 is 0 Å². The Morgan fingerprint density at radius 1 is 1.45 bits per heavy atom. The van der Waals surface area contributed by atoms with Crippen LogP contribution in [0.1, 0.15) is 17.7 Å². The molecule has 1 heteroatoms. The van der Waals surface area contributed by atoms with Crippen LogP contribution < -0.4 is 0 Å². The predicted molar refractivity (Wildman–Crippen MR) is 47.3 cm³/mol. The largest absolute Gasteiger partial charge is 0.361 e. The van der Waals surface area contributed by atoms with E-state index in [4.69, 9.17) is 0 Å². The molecule has 2 rings (SSSR count). The van der Waals surface area contributed by atoms with Crippen molar-refractivity contribution in [2.45, 2.75) is 13.3 Å². The normalized spacial score (nSPS) is 15.5. The van der Waals surface area contributed by atoms with E-state index in [2.05, 4.69) is 36.2 Å². The highest BCUT2D eigenvalue weighted by Gasteiger charge is 2.05. The van der Waals surface area contributed by atoms with E-state index in [9.17, 15) is 0 Å². The van der Waals surface area contributed by atoms with E-state index in [0.29, 0.717) is 0 Å². The number of aromatic nitrogens is 1. The second-order valence-electron chi connectivity index (χ2n) is 2.86. The Labute approximate surface area is 66.4 Å². The minimum absolute atomic E-state index is 1.07. The van der Waals surface area contributed by atoms with Crippen molar-refractivity contribution in [2.24, 2.45) is 0 Å². The average molecular weight is 145 g/mol. The lowest BCUT2D eigenvalue weighted by atomic mass is 10.1. The smallest absolute Gasteiger partial charge is 0.0445 e. The Balaban J connectivity index is 2.37. The minimum atomic E-state index is 1.07. The van der Waals surface area contributed by atoms with Gasteiger partial charge in [0.1, 0.15) is 0 Å². The second-order valence-corrected chi connectivity index (χ2v) is 2.86. The fourth-order valence-corrected chi connectivity index (χ4v) is 1.43. The van der Waals surface area contributed by atoms with Crippen molar-refractivity contribution in [3.8, 4) is 0 Å². The molecular formula is C10H11N. The van der Waals surface area contributed by atoms with Crippen molar-refractivity contribution in [1.29, 1.82) is 0 Å². The van der Waals surface area contributed by atoms with E-state index in [0.717, 1.165) is 6.42 Å². The molecule has 1 heterocycles. The van der Waals surface area contributed by atoms with E-state index >= 15 is 0 Å². The number of rotatable bonds is 1. The monoisotopic (exact) mass is 145 g/mol. The van der Waals surface area contributed by atoms with Crippen LogP contribution in [0.5, 0.6) is 0 Å². The van der Waals surface area contributed by atoms with Gasteiger partial charge in [-0.25, -0.2) is 0 Å². The number of nitrogens with one attached hydrogen (secondary N) is 1. The van der Waals surface area contributed by atoms with Crippen LogP contribution in [-0.2, 0) is 0 Å². The van der Waals surface area contributed by atoms with E-state index in [1.807, 2.05) is 6.20 Å². The van der Waals surface area contributed by atoms with Crippen molar-refractivity contribution in [2.75, 3.05) is 0 Å². The highest BCUT2D eigenvalue weighted by Crippen LogP contribution is 2.23. The number of aryl methyl sites for hydroxylation is 1. The van der Waals surface area contributed by atoms with Gasteiger partial charge in [-0.3, -0.25) is 0 Å². The van der Waals surface area contributed by atoms with Crippen LogP contribution in [0.25, 0.3) is 5.57 Å². The van der Waals surface area contributed by atoms with E-state index < -0.39 is 0 Å². The standard InChI is InChI=1S/C10H11N/c1-8-6-7-11-10(8)9-4-2-3-5-9/h2-4,6-7,11H,5H2,1H3. The van der Waals surface area contributed by atoms with Gasteiger partial charge in [0.05, 0.1) is 0 Å². The molecule has 56 valence electrons. The molecule has 0 saturated heterocycles. The molecule has 0 bridgehead atoms. The Morgan fingerprint density at radius 3 is 2.91 bits per heavy atom. The highest BCUT2D eigenvalue weighted by molar-refractivity contribution is 5.70. The third-order valence-electron chi connectivity index (χ3n) is 2.05. The molecule has 11 heavy (non-hydrogen) atoms. The summed E-state index contributed by atoms with van der Waals surface area (Å²) in [6.07, 6.45) is 9.51. The van der Waals surface area contributed by atoms with Crippen molar-refractivity contribution >= 4 is 5.57 Å². The lowest BCUT2D eigenvalue weighted by Gasteiger charge is -1.98. The topological polar surface area (TPSA) is 15.8 Å². The maximum Gasteiger partial charge on any atom is 0.0445 e. The molecule has 0 unspecified atom stereocenters. The Kier molecular flexibility index (Phi) is 1.42. The zero-order valence-electron chi connectivity index (χ0n) is 6.59. The lowest BCUT2D eigenvalue weighted by Crippen LogP contribution is -1.82. The average Bonchev–Trinajstić information content (AvgIpc) is 2.55. The molecule has 0 atom stereocenters. The molecule has 0 saturated carbocycles. The lowest BCUT2D eigenvalue weighted by molar-refractivity contribution is 1.27. The summed E-state index contributed by atoms with van der Waals surface area (Å²) in [6.45, 7) is 2.13. The van der Waals surface area contributed by atoms with Crippen LogP contribution in [0, 0.1) is 6.92 Å². The summed E-state index contributed by atoms with van der Waals surface area (Å²) in [5.74, 6) is 0. The van der Waals surface area contributed by atoms with Crippen LogP contribution in [0.3, 0.4) is 0 Å². The SMILES string of the molecule is Cc1cc[nH]c1C1=CC=CC1. The Hall–Kier alpha value is -1.24. The molecular weight excluding hydrogens is 134 g/mol. The molecule has 0 amide bonds. The summed E-state index contributed by atoms with van der Waals surface area (Å²) in [5.41, 5.74) is 4.02. The summed E-state index contributed by atoms with van der Waals surface area (Å²) in [5, 5.41) is 0. The van der Waals surface area contributed by atoms with Gasteiger partial charge in [-0.2, -0.15) is 0 Å². The fraction of sp³-hybridized carbons (Fsp3) is 0.200. The maximum atomic E-state index is 3.24. The first-order valence-corrected chi connectivity index (χ1v) is 3.88. The van der Waals surface area contributed by atoms with Gasteiger partial charge in [0.15, 0.2) is 0 Å². The Morgan fingerprint density at radius 2 is 2.36 bits per heavy atom. The van der Waals surface area contributed by atoms with Crippen LogP contribution in [0.2, 0.25) is 0 Å². The Bertz CT molecular complexity index is 315. The van der Waals surface area contributed by atoms with E-state index in [1.165, 1.54) is 16.8 Å². The summed E-state index contributed by atoms with van der Waals surface area (Å²) >= 11 is 0. The minimum Gasteiger partial charge on any atom is -0.361 e. The summed E-state index contributed by atoms with van der Waals surface area (Å²) in [7, 11) is 0. The van der Waals surface area contributed by atoms with E-state index in [1.54, 1.807) is 0 Å². The fourth-order valence-electron chi connectivity index (χ4n) is 1.43. The van der Waals surface area contributed by atoms with E-state index in [-0.39, 0.29) is 0 Å². The van der Waals surface area contributed by atoms with Gasteiger partial charge in [-0.1, -0.05) is 18.2 Å². The zero-order valence-corrected chi connectivity index (χ0v) is 6.59. The quantitative estimate of drug-likeness (QED) is 0.625. The van der Waals surface area contributed by atoms with Crippen LogP contribution >= 0.6 is 0 Å². The number of allylic oxidation sites excluding steroid dienone is 4. The first kappa shape index (κ1) is 6.47. The third kappa shape index (κ3) is 1.03. The molecule has 1 N–H and O–H groups in total. The zero-order chi connectivity index (χ0) is 7.68. The van der Waals surface area contributed by atoms with Gasteiger partial charge >= 0.3 is 0 Å². The summed E-state index contributed by atoms with van der Waals surface area (Å²) < 4.78 is 0. The van der Waals surface area contributed by atoms with Gasteiger partial charge in [0.25, 0.3) is 0 Å². The van der Waals surface area contributed by atoms with Gasteiger partial charge in [0, 0.05) is 11.9 Å². The number of aromatic amines is 1. The molecule has 0 fully saturated rings. The van der Waals surface area contributed by atoms with Gasteiger partial charge < -0.3 is 4.98 Å². The van der Waals surface area contributed by atoms with Gasteiger partial charge in [0.2, 0.25) is 0 Å². The van der Waals surface area contributed by atoms with Crippen LogP contribution in [0.4, 0.5) is 0 Å².